The van der Waals surface area contributed by atoms with Crippen LogP contribution in [0, 0.1) is 3.57 Å². The van der Waals surface area contributed by atoms with Crippen molar-refractivity contribution in [1.82, 2.24) is 9.38 Å². The molecule has 0 radical (unpaired) electrons. The van der Waals surface area contributed by atoms with Crippen molar-refractivity contribution in [2.24, 2.45) is 0 Å². The van der Waals surface area contributed by atoms with Crippen LogP contribution in [0.2, 0.25) is 0 Å². The van der Waals surface area contributed by atoms with Gasteiger partial charge in [0.05, 0.1) is 19.2 Å². The first kappa shape index (κ1) is 14.5. The van der Waals surface area contributed by atoms with E-state index in [0.717, 1.165) is 21.9 Å². The molecule has 0 spiro atoms. The molecular formula is C15H13IN2O2S. The topological polar surface area (TPSA) is 43.6 Å². The van der Waals surface area contributed by atoms with E-state index in [1.165, 1.54) is 10.7 Å². The summed E-state index contributed by atoms with van der Waals surface area (Å²) in [6, 6.07) is 8.29. The molecule has 0 N–H and O–H groups in total. The average Bonchev–Trinajstić information content (AvgIpc) is 3.06. The summed E-state index contributed by atoms with van der Waals surface area (Å²) in [6.45, 7) is 0. The molecule has 3 aromatic rings. The van der Waals surface area contributed by atoms with E-state index in [4.69, 9.17) is 0 Å². The Kier molecular flexibility index (Phi) is 4.25. The standard InChI is InChI=1S/C15H13IN2O2S/c1-20-14(19)7-6-12-9-21-15-17-13(8-18(12)15)10-2-4-11(16)5-3-10/h2-5,8-9H,6-7H2,1H3. The molecule has 0 fully saturated rings. The van der Waals surface area contributed by atoms with Gasteiger partial charge in [-0.2, -0.15) is 0 Å². The van der Waals surface area contributed by atoms with Crippen molar-refractivity contribution >= 4 is 44.9 Å². The lowest BCUT2D eigenvalue weighted by molar-refractivity contribution is -0.140. The van der Waals surface area contributed by atoms with Gasteiger partial charge in [-0.3, -0.25) is 9.20 Å². The van der Waals surface area contributed by atoms with Gasteiger partial charge in [0, 0.05) is 26.4 Å². The molecule has 0 aliphatic rings. The number of rotatable bonds is 4. The number of carbonyl (C=O) groups excluding carboxylic acids is 1. The highest BCUT2D eigenvalue weighted by Gasteiger charge is 2.11. The molecule has 3 rings (SSSR count). The van der Waals surface area contributed by atoms with Gasteiger partial charge in [0.25, 0.3) is 0 Å². The molecule has 0 amide bonds. The van der Waals surface area contributed by atoms with Gasteiger partial charge in [0.1, 0.15) is 0 Å². The summed E-state index contributed by atoms with van der Waals surface area (Å²) < 4.78 is 7.95. The Morgan fingerprint density at radius 1 is 1.38 bits per heavy atom. The minimum atomic E-state index is -0.188. The van der Waals surface area contributed by atoms with Gasteiger partial charge in [0.2, 0.25) is 0 Å². The summed E-state index contributed by atoms with van der Waals surface area (Å²) in [6.07, 6.45) is 3.08. The van der Waals surface area contributed by atoms with Crippen molar-refractivity contribution < 1.29 is 9.53 Å². The molecule has 0 saturated heterocycles. The van der Waals surface area contributed by atoms with Crippen LogP contribution in [0.3, 0.4) is 0 Å². The quantitative estimate of drug-likeness (QED) is 0.484. The second-order valence-electron chi connectivity index (χ2n) is 4.59. The molecule has 4 nitrogen and oxygen atoms in total. The number of esters is 1. The van der Waals surface area contributed by atoms with E-state index < -0.39 is 0 Å². The number of methoxy groups -OCH3 is 1. The second kappa shape index (κ2) is 6.15. The third-order valence-electron chi connectivity index (χ3n) is 3.24. The predicted molar refractivity (Wildman–Crippen MR) is 91.6 cm³/mol. The largest absolute Gasteiger partial charge is 0.469 e. The summed E-state index contributed by atoms with van der Waals surface area (Å²) in [5.41, 5.74) is 3.15. The van der Waals surface area contributed by atoms with Gasteiger partial charge in [-0.1, -0.05) is 12.1 Å². The molecule has 21 heavy (non-hydrogen) atoms. The minimum absolute atomic E-state index is 0.188. The number of ether oxygens (including phenoxy) is 1. The zero-order valence-corrected chi connectivity index (χ0v) is 14.3. The lowest BCUT2D eigenvalue weighted by atomic mass is 10.2. The Labute approximate surface area is 139 Å². The van der Waals surface area contributed by atoms with Crippen molar-refractivity contribution in [1.29, 1.82) is 0 Å². The minimum Gasteiger partial charge on any atom is -0.469 e. The van der Waals surface area contributed by atoms with Crippen molar-refractivity contribution in [3.05, 3.63) is 45.1 Å². The van der Waals surface area contributed by atoms with Gasteiger partial charge in [-0.25, -0.2) is 4.98 Å². The smallest absolute Gasteiger partial charge is 0.305 e. The van der Waals surface area contributed by atoms with Crippen molar-refractivity contribution in [2.75, 3.05) is 7.11 Å². The van der Waals surface area contributed by atoms with Gasteiger partial charge in [-0.15, -0.1) is 11.3 Å². The Morgan fingerprint density at radius 3 is 2.86 bits per heavy atom. The maximum atomic E-state index is 11.3. The first-order chi connectivity index (χ1) is 10.2. The van der Waals surface area contributed by atoms with Crippen LogP contribution in [-0.2, 0) is 16.0 Å². The highest BCUT2D eigenvalue weighted by Crippen LogP contribution is 2.24. The van der Waals surface area contributed by atoms with E-state index in [1.54, 1.807) is 11.3 Å². The van der Waals surface area contributed by atoms with Crippen LogP contribution in [0.15, 0.2) is 35.8 Å². The molecule has 0 aliphatic carbocycles. The van der Waals surface area contributed by atoms with Crippen LogP contribution in [0.5, 0.6) is 0 Å². The number of carbonyl (C=O) groups is 1. The molecule has 108 valence electrons. The van der Waals surface area contributed by atoms with Crippen LogP contribution in [0.4, 0.5) is 0 Å². The van der Waals surface area contributed by atoms with E-state index in [2.05, 4.69) is 61.0 Å². The molecule has 0 unspecified atom stereocenters. The highest BCUT2D eigenvalue weighted by molar-refractivity contribution is 14.1. The summed E-state index contributed by atoms with van der Waals surface area (Å²) in [5, 5.41) is 2.04. The molecular weight excluding hydrogens is 399 g/mol. The Hall–Kier alpha value is -1.41. The molecule has 2 aromatic heterocycles. The molecule has 2 heterocycles. The Morgan fingerprint density at radius 2 is 2.14 bits per heavy atom. The number of fused-ring (bicyclic) bond motifs is 1. The van der Waals surface area contributed by atoms with Gasteiger partial charge < -0.3 is 4.74 Å². The fourth-order valence-electron chi connectivity index (χ4n) is 2.10. The first-order valence-corrected chi connectivity index (χ1v) is 8.41. The number of aromatic nitrogens is 2. The van der Waals surface area contributed by atoms with Crippen molar-refractivity contribution in [3.8, 4) is 11.3 Å². The lowest BCUT2D eigenvalue weighted by Crippen LogP contribution is -2.02. The van der Waals surface area contributed by atoms with Gasteiger partial charge in [0.15, 0.2) is 4.96 Å². The summed E-state index contributed by atoms with van der Waals surface area (Å²) in [4.78, 5) is 16.8. The molecule has 6 heteroatoms. The number of thiazole rings is 1. The van der Waals surface area contributed by atoms with Crippen LogP contribution < -0.4 is 0 Å². The lowest BCUT2D eigenvalue weighted by Gasteiger charge is -1.99. The number of benzene rings is 1. The van der Waals surface area contributed by atoms with E-state index in [-0.39, 0.29) is 5.97 Å². The van der Waals surface area contributed by atoms with Crippen LogP contribution in [0.25, 0.3) is 16.2 Å². The number of imidazole rings is 1. The first-order valence-electron chi connectivity index (χ1n) is 6.45. The fourth-order valence-corrected chi connectivity index (χ4v) is 3.37. The molecule has 1 aromatic carbocycles. The maximum absolute atomic E-state index is 11.3. The van der Waals surface area contributed by atoms with E-state index in [9.17, 15) is 4.79 Å². The number of hydrogen-bond donors (Lipinski definition) is 0. The van der Waals surface area contributed by atoms with Gasteiger partial charge in [-0.05, 0) is 41.1 Å². The summed E-state index contributed by atoms with van der Waals surface area (Å²) in [7, 11) is 1.41. The Bertz CT molecular complexity index is 777. The third-order valence-corrected chi connectivity index (χ3v) is 4.84. The Balaban J connectivity index is 1.88. The molecule has 0 saturated carbocycles. The van der Waals surface area contributed by atoms with E-state index in [1.807, 2.05) is 11.6 Å². The number of hydrogen-bond acceptors (Lipinski definition) is 4. The molecule has 0 bridgehead atoms. The summed E-state index contributed by atoms with van der Waals surface area (Å²) in [5.74, 6) is -0.188. The van der Waals surface area contributed by atoms with E-state index >= 15 is 0 Å². The zero-order chi connectivity index (χ0) is 14.8. The van der Waals surface area contributed by atoms with Crippen molar-refractivity contribution in [2.45, 2.75) is 12.8 Å². The van der Waals surface area contributed by atoms with Crippen LogP contribution in [-0.4, -0.2) is 22.5 Å². The predicted octanol–water partition coefficient (Wildman–Crippen LogP) is 3.77. The van der Waals surface area contributed by atoms with Crippen LogP contribution >= 0.6 is 33.9 Å². The molecule has 0 aliphatic heterocycles. The monoisotopic (exact) mass is 412 g/mol. The van der Waals surface area contributed by atoms with Crippen molar-refractivity contribution in [3.63, 3.8) is 0 Å². The van der Waals surface area contributed by atoms with E-state index in [0.29, 0.717) is 12.8 Å². The maximum Gasteiger partial charge on any atom is 0.305 e. The highest BCUT2D eigenvalue weighted by atomic mass is 127. The molecule has 0 atom stereocenters. The third kappa shape index (κ3) is 3.11. The zero-order valence-electron chi connectivity index (χ0n) is 11.4. The van der Waals surface area contributed by atoms with Crippen LogP contribution in [0.1, 0.15) is 12.1 Å². The number of nitrogens with zero attached hydrogens (tertiary/aromatic N) is 2. The number of aryl methyl sites for hydroxylation is 1. The average molecular weight is 412 g/mol. The number of halogens is 1. The fraction of sp³-hybridized carbons (Fsp3) is 0.200. The normalized spacial score (nSPS) is 11.0. The van der Waals surface area contributed by atoms with Gasteiger partial charge >= 0.3 is 5.97 Å². The summed E-state index contributed by atoms with van der Waals surface area (Å²) >= 11 is 3.88. The second-order valence-corrected chi connectivity index (χ2v) is 6.67. The SMILES string of the molecule is COC(=O)CCc1csc2nc(-c3ccc(I)cc3)cn12.